The molecular formula is C14H19N3O2. The van der Waals surface area contributed by atoms with Crippen LogP contribution in [-0.2, 0) is 4.79 Å². The lowest BCUT2D eigenvalue weighted by Gasteiger charge is -2.33. The molecule has 102 valence electrons. The van der Waals surface area contributed by atoms with Crippen LogP contribution in [-0.4, -0.2) is 38.7 Å². The number of anilines is 2. The highest BCUT2D eigenvalue weighted by atomic mass is 16.5. The minimum atomic E-state index is -0.419. The maximum Gasteiger partial charge on any atom is 0.265 e. The van der Waals surface area contributed by atoms with Gasteiger partial charge in [0.2, 0.25) is 0 Å². The molecule has 0 bridgehead atoms. The Morgan fingerprint density at radius 2 is 2.21 bits per heavy atom. The van der Waals surface area contributed by atoms with Gasteiger partial charge in [0.25, 0.3) is 5.91 Å². The van der Waals surface area contributed by atoms with Crippen molar-refractivity contribution in [2.45, 2.75) is 13.0 Å². The number of fused-ring (bicyclic) bond motifs is 1. The van der Waals surface area contributed by atoms with Crippen LogP contribution in [0.1, 0.15) is 6.92 Å². The van der Waals surface area contributed by atoms with Crippen LogP contribution in [0.3, 0.4) is 0 Å². The Labute approximate surface area is 112 Å². The minimum absolute atomic E-state index is 0.0875. The van der Waals surface area contributed by atoms with Gasteiger partial charge in [-0.05, 0) is 25.1 Å². The Bertz CT molecular complexity index is 499. The Kier molecular flexibility index (Phi) is 3.06. The summed E-state index contributed by atoms with van der Waals surface area (Å²) >= 11 is 0. The second-order valence-corrected chi connectivity index (χ2v) is 5.33. The Balaban J connectivity index is 1.76. The topological polar surface area (TPSA) is 53.6 Å². The summed E-state index contributed by atoms with van der Waals surface area (Å²) in [4.78, 5) is 13.8. The third kappa shape index (κ3) is 2.38. The third-order valence-corrected chi connectivity index (χ3v) is 3.73. The van der Waals surface area contributed by atoms with Crippen molar-refractivity contribution in [3.8, 4) is 5.75 Å². The molecule has 1 atom stereocenters. The molecule has 2 N–H and O–H groups in total. The van der Waals surface area contributed by atoms with Crippen molar-refractivity contribution >= 4 is 17.3 Å². The fourth-order valence-electron chi connectivity index (χ4n) is 2.40. The van der Waals surface area contributed by atoms with Crippen molar-refractivity contribution in [1.29, 1.82) is 0 Å². The molecule has 2 heterocycles. The predicted molar refractivity (Wildman–Crippen MR) is 74.8 cm³/mol. The van der Waals surface area contributed by atoms with Crippen molar-refractivity contribution in [3.05, 3.63) is 18.2 Å². The number of hydrogen-bond acceptors (Lipinski definition) is 4. The van der Waals surface area contributed by atoms with E-state index >= 15 is 0 Å². The van der Waals surface area contributed by atoms with Crippen molar-refractivity contribution in [2.75, 3.05) is 36.9 Å². The molecule has 0 saturated carbocycles. The number of nitrogens with zero attached hydrogens (tertiary/aromatic N) is 1. The van der Waals surface area contributed by atoms with Crippen LogP contribution in [0.4, 0.5) is 11.4 Å². The number of amides is 1. The first-order valence-corrected chi connectivity index (χ1v) is 6.67. The molecule has 5 heteroatoms. The fourth-order valence-corrected chi connectivity index (χ4v) is 2.40. The first-order chi connectivity index (χ1) is 9.13. The Morgan fingerprint density at radius 1 is 1.42 bits per heavy atom. The van der Waals surface area contributed by atoms with E-state index in [0.717, 1.165) is 36.8 Å². The van der Waals surface area contributed by atoms with E-state index in [1.807, 2.05) is 18.2 Å². The van der Waals surface area contributed by atoms with Gasteiger partial charge in [-0.1, -0.05) is 0 Å². The molecular weight excluding hydrogens is 242 g/mol. The predicted octanol–water partition coefficient (Wildman–Crippen LogP) is 1.06. The maximum atomic E-state index is 11.6. The molecule has 1 amide bonds. The monoisotopic (exact) mass is 261 g/mol. The maximum absolute atomic E-state index is 11.6. The average Bonchev–Trinajstić information content (AvgIpc) is 2.34. The van der Waals surface area contributed by atoms with E-state index in [1.165, 1.54) is 0 Å². The zero-order chi connectivity index (χ0) is 13.4. The van der Waals surface area contributed by atoms with Crippen molar-refractivity contribution < 1.29 is 9.53 Å². The normalized spacial score (nSPS) is 22.0. The van der Waals surface area contributed by atoms with E-state index in [0.29, 0.717) is 5.92 Å². The number of ether oxygens (including phenoxy) is 1. The van der Waals surface area contributed by atoms with Crippen LogP contribution in [0.5, 0.6) is 5.75 Å². The summed E-state index contributed by atoms with van der Waals surface area (Å²) in [6.07, 6.45) is -0.419. The summed E-state index contributed by atoms with van der Waals surface area (Å²) in [7, 11) is 2.08. The van der Waals surface area contributed by atoms with E-state index < -0.39 is 6.10 Å². The van der Waals surface area contributed by atoms with Gasteiger partial charge >= 0.3 is 0 Å². The molecule has 1 fully saturated rings. The van der Waals surface area contributed by atoms with E-state index in [4.69, 9.17) is 4.74 Å². The molecule has 2 aliphatic heterocycles. The summed E-state index contributed by atoms with van der Waals surface area (Å²) in [5.41, 5.74) is 1.86. The van der Waals surface area contributed by atoms with Crippen molar-refractivity contribution in [2.24, 2.45) is 5.92 Å². The summed E-state index contributed by atoms with van der Waals surface area (Å²) in [6, 6.07) is 5.94. The molecule has 1 aromatic rings. The van der Waals surface area contributed by atoms with Crippen LogP contribution in [0, 0.1) is 5.92 Å². The summed E-state index contributed by atoms with van der Waals surface area (Å²) in [5, 5.41) is 6.16. The van der Waals surface area contributed by atoms with Gasteiger partial charge in [-0.2, -0.15) is 0 Å². The molecule has 0 aromatic heterocycles. The number of hydrogen-bond donors (Lipinski definition) is 2. The van der Waals surface area contributed by atoms with Gasteiger partial charge in [0.15, 0.2) is 6.10 Å². The summed E-state index contributed by atoms with van der Waals surface area (Å²) in [6.45, 7) is 4.96. The molecule has 1 saturated heterocycles. The van der Waals surface area contributed by atoms with Crippen LogP contribution in [0.15, 0.2) is 18.2 Å². The average molecular weight is 261 g/mol. The van der Waals surface area contributed by atoms with Crippen LogP contribution in [0.2, 0.25) is 0 Å². The van der Waals surface area contributed by atoms with E-state index in [-0.39, 0.29) is 5.91 Å². The quantitative estimate of drug-likeness (QED) is 0.854. The molecule has 1 aromatic carbocycles. The molecule has 19 heavy (non-hydrogen) atoms. The molecule has 3 rings (SSSR count). The van der Waals surface area contributed by atoms with Gasteiger partial charge < -0.3 is 20.3 Å². The minimum Gasteiger partial charge on any atom is -0.479 e. The third-order valence-electron chi connectivity index (χ3n) is 3.73. The van der Waals surface area contributed by atoms with Crippen molar-refractivity contribution in [3.63, 3.8) is 0 Å². The standard InChI is InChI=1S/C14H19N3O2/c1-9-14(18)16-12-5-11(3-4-13(12)19-9)17(2)8-10-6-15-7-10/h3-5,9-10,15H,6-8H2,1-2H3,(H,16,18). The fraction of sp³-hybridized carbons (Fsp3) is 0.500. The van der Waals surface area contributed by atoms with Crippen LogP contribution >= 0.6 is 0 Å². The van der Waals surface area contributed by atoms with Crippen LogP contribution in [0.25, 0.3) is 0 Å². The number of carbonyl (C=O) groups excluding carboxylic acids is 1. The highest BCUT2D eigenvalue weighted by molar-refractivity contribution is 5.98. The van der Waals surface area contributed by atoms with E-state index in [2.05, 4.69) is 22.6 Å². The number of rotatable bonds is 3. The zero-order valence-electron chi connectivity index (χ0n) is 11.3. The van der Waals surface area contributed by atoms with Gasteiger partial charge in [-0.15, -0.1) is 0 Å². The lowest BCUT2D eigenvalue weighted by molar-refractivity contribution is -0.122. The number of benzene rings is 1. The molecule has 5 nitrogen and oxygen atoms in total. The lowest BCUT2D eigenvalue weighted by atomic mass is 10.0. The van der Waals surface area contributed by atoms with E-state index in [1.54, 1.807) is 6.92 Å². The Hall–Kier alpha value is -1.75. The van der Waals surface area contributed by atoms with Gasteiger partial charge in [-0.25, -0.2) is 0 Å². The molecule has 0 spiro atoms. The second kappa shape index (κ2) is 4.74. The van der Waals surface area contributed by atoms with Gasteiger partial charge in [-0.3, -0.25) is 4.79 Å². The summed E-state index contributed by atoms with van der Waals surface area (Å²) in [5.74, 6) is 1.37. The lowest BCUT2D eigenvalue weighted by Crippen LogP contribution is -2.47. The first kappa shape index (κ1) is 12.3. The van der Waals surface area contributed by atoms with E-state index in [9.17, 15) is 4.79 Å². The molecule has 2 aliphatic rings. The smallest absolute Gasteiger partial charge is 0.265 e. The molecule has 0 radical (unpaired) electrons. The Morgan fingerprint density at radius 3 is 2.89 bits per heavy atom. The first-order valence-electron chi connectivity index (χ1n) is 6.67. The van der Waals surface area contributed by atoms with Gasteiger partial charge in [0, 0.05) is 38.3 Å². The van der Waals surface area contributed by atoms with Gasteiger partial charge in [0.05, 0.1) is 5.69 Å². The SMILES string of the molecule is CC1Oc2ccc(N(C)CC3CNC3)cc2NC1=O. The summed E-state index contributed by atoms with van der Waals surface area (Å²) < 4.78 is 5.55. The molecule has 0 aliphatic carbocycles. The molecule has 1 unspecified atom stereocenters. The highest BCUT2D eigenvalue weighted by Crippen LogP contribution is 2.33. The number of carbonyl (C=O) groups is 1. The largest absolute Gasteiger partial charge is 0.479 e. The van der Waals surface area contributed by atoms with Gasteiger partial charge in [0.1, 0.15) is 5.75 Å². The van der Waals surface area contributed by atoms with Crippen LogP contribution < -0.4 is 20.3 Å². The highest BCUT2D eigenvalue weighted by Gasteiger charge is 2.24. The second-order valence-electron chi connectivity index (χ2n) is 5.33. The zero-order valence-corrected chi connectivity index (χ0v) is 11.3. The number of nitrogens with one attached hydrogen (secondary N) is 2. The van der Waals surface area contributed by atoms with Crippen molar-refractivity contribution in [1.82, 2.24) is 5.32 Å².